The van der Waals surface area contributed by atoms with Gasteiger partial charge in [-0.1, -0.05) is 42.5 Å². The monoisotopic (exact) mass is 363 g/mol. The first-order chi connectivity index (χ1) is 13.2. The smallest absolute Gasteiger partial charge is 0.290 e. The van der Waals surface area contributed by atoms with E-state index >= 15 is 0 Å². The maximum absolute atomic E-state index is 13.2. The molecule has 4 rings (SSSR count). The quantitative estimate of drug-likeness (QED) is 0.695. The molecule has 0 bridgehead atoms. The standard InChI is InChI=1S/C22H21NO4/c24-19-13-21(27-20-11-5-4-10-18(19)20)22(25)23(15-17-9-6-12-26-17)14-16-7-2-1-3-8-16/h1-5,7-8,10-11,13,17H,6,9,12,14-15H2/t17-/m0/s1. The Hall–Kier alpha value is -2.92. The Morgan fingerprint density at radius 2 is 1.85 bits per heavy atom. The lowest BCUT2D eigenvalue weighted by Gasteiger charge is -2.25. The van der Waals surface area contributed by atoms with E-state index in [-0.39, 0.29) is 23.2 Å². The fraction of sp³-hybridized carbons (Fsp3) is 0.273. The Morgan fingerprint density at radius 1 is 1.07 bits per heavy atom. The topological polar surface area (TPSA) is 59.8 Å². The number of fused-ring (bicyclic) bond motifs is 1. The van der Waals surface area contributed by atoms with Crippen LogP contribution in [0.1, 0.15) is 29.0 Å². The Morgan fingerprint density at radius 3 is 2.63 bits per heavy atom. The molecule has 0 radical (unpaired) electrons. The predicted molar refractivity (Wildman–Crippen MR) is 103 cm³/mol. The van der Waals surface area contributed by atoms with Crippen LogP contribution in [0.2, 0.25) is 0 Å². The van der Waals surface area contributed by atoms with Crippen molar-refractivity contribution in [3.8, 4) is 0 Å². The number of carbonyl (C=O) groups is 1. The van der Waals surface area contributed by atoms with Crippen LogP contribution in [0.4, 0.5) is 0 Å². The second-order valence-corrected chi connectivity index (χ2v) is 6.78. The molecule has 1 saturated heterocycles. The highest BCUT2D eigenvalue weighted by molar-refractivity contribution is 5.93. The molecular weight excluding hydrogens is 342 g/mol. The van der Waals surface area contributed by atoms with Gasteiger partial charge in [0, 0.05) is 25.8 Å². The van der Waals surface area contributed by atoms with Gasteiger partial charge in [0.1, 0.15) is 5.58 Å². The van der Waals surface area contributed by atoms with Crippen molar-refractivity contribution in [2.45, 2.75) is 25.5 Å². The highest BCUT2D eigenvalue weighted by Gasteiger charge is 2.25. The molecule has 0 spiro atoms. The number of hydrogen-bond donors (Lipinski definition) is 0. The molecule has 27 heavy (non-hydrogen) atoms. The SMILES string of the molecule is O=C(c1cc(=O)c2ccccc2o1)N(Cc1ccccc1)C[C@@H]1CCCO1. The molecule has 1 aliphatic heterocycles. The summed E-state index contributed by atoms with van der Waals surface area (Å²) in [5.41, 5.74) is 1.23. The number of para-hydroxylation sites is 1. The van der Waals surface area contributed by atoms with Crippen LogP contribution in [0, 0.1) is 0 Å². The molecule has 1 aromatic heterocycles. The van der Waals surface area contributed by atoms with E-state index in [1.54, 1.807) is 29.2 Å². The van der Waals surface area contributed by atoms with E-state index in [9.17, 15) is 9.59 Å². The molecule has 3 aromatic rings. The fourth-order valence-electron chi connectivity index (χ4n) is 3.42. The number of amides is 1. The lowest BCUT2D eigenvalue weighted by atomic mass is 10.1. The Kier molecular flexibility index (Phi) is 5.03. The molecular formula is C22H21NO4. The summed E-state index contributed by atoms with van der Waals surface area (Å²) in [5, 5.41) is 0.475. The fourth-order valence-corrected chi connectivity index (χ4v) is 3.42. The lowest BCUT2D eigenvalue weighted by Crippen LogP contribution is -2.37. The third-order valence-electron chi connectivity index (χ3n) is 4.80. The van der Waals surface area contributed by atoms with Crippen molar-refractivity contribution in [2.75, 3.05) is 13.2 Å². The Bertz CT molecular complexity index is 990. The molecule has 0 aliphatic carbocycles. The minimum absolute atomic E-state index is 0.0184. The van der Waals surface area contributed by atoms with Gasteiger partial charge in [-0.25, -0.2) is 0 Å². The van der Waals surface area contributed by atoms with Gasteiger partial charge in [0.25, 0.3) is 5.91 Å². The van der Waals surface area contributed by atoms with E-state index in [4.69, 9.17) is 9.15 Å². The third-order valence-corrected chi connectivity index (χ3v) is 4.80. The summed E-state index contributed by atoms with van der Waals surface area (Å²) in [6.45, 7) is 1.64. The van der Waals surface area contributed by atoms with Gasteiger partial charge < -0.3 is 14.1 Å². The molecule has 1 fully saturated rings. The Labute approximate surface area is 157 Å². The molecule has 1 atom stereocenters. The average molecular weight is 363 g/mol. The van der Waals surface area contributed by atoms with E-state index in [0.29, 0.717) is 24.1 Å². The van der Waals surface area contributed by atoms with Crippen molar-refractivity contribution in [3.05, 3.63) is 82.2 Å². The predicted octanol–water partition coefficient (Wildman–Crippen LogP) is 3.61. The first-order valence-corrected chi connectivity index (χ1v) is 9.18. The van der Waals surface area contributed by atoms with Crippen LogP contribution >= 0.6 is 0 Å². The molecule has 5 heteroatoms. The van der Waals surface area contributed by atoms with Crippen LogP contribution in [0.5, 0.6) is 0 Å². The van der Waals surface area contributed by atoms with Crippen LogP contribution < -0.4 is 5.43 Å². The number of benzene rings is 2. The zero-order chi connectivity index (χ0) is 18.6. The summed E-state index contributed by atoms with van der Waals surface area (Å²) < 4.78 is 11.5. The molecule has 1 aliphatic rings. The van der Waals surface area contributed by atoms with Crippen molar-refractivity contribution in [3.63, 3.8) is 0 Å². The molecule has 0 unspecified atom stereocenters. The van der Waals surface area contributed by atoms with Crippen molar-refractivity contribution < 1.29 is 13.9 Å². The molecule has 2 aromatic carbocycles. The summed E-state index contributed by atoms with van der Waals surface area (Å²) in [4.78, 5) is 27.3. The van der Waals surface area contributed by atoms with Gasteiger partial charge in [0.05, 0.1) is 11.5 Å². The van der Waals surface area contributed by atoms with E-state index in [0.717, 1.165) is 25.0 Å². The van der Waals surface area contributed by atoms with E-state index < -0.39 is 0 Å². The molecule has 1 amide bonds. The number of carbonyl (C=O) groups excluding carboxylic acids is 1. The summed E-state index contributed by atoms with van der Waals surface area (Å²) >= 11 is 0. The van der Waals surface area contributed by atoms with E-state index in [2.05, 4.69) is 0 Å². The minimum atomic E-state index is -0.294. The summed E-state index contributed by atoms with van der Waals surface area (Å²) in [5.74, 6) is -0.232. The molecule has 0 saturated carbocycles. The van der Waals surface area contributed by atoms with Gasteiger partial charge >= 0.3 is 0 Å². The largest absolute Gasteiger partial charge is 0.451 e. The second kappa shape index (κ2) is 7.76. The Balaban J connectivity index is 1.65. The first-order valence-electron chi connectivity index (χ1n) is 9.18. The van der Waals surface area contributed by atoms with E-state index in [1.807, 2.05) is 30.3 Å². The van der Waals surface area contributed by atoms with Gasteiger partial charge in [-0.05, 0) is 30.5 Å². The average Bonchev–Trinajstić information content (AvgIpc) is 3.21. The van der Waals surface area contributed by atoms with Crippen LogP contribution in [0.3, 0.4) is 0 Å². The van der Waals surface area contributed by atoms with Gasteiger partial charge in [0.15, 0.2) is 11.2 Å². The highest BCUT2D eigenvalue weighted by atomic mass is 16.5. The van der Waals surface area contributed by atoms with Crippen molar-refractivity contribution >= 4 is 16.9 Å². The van der Waals surface area contributed by atoms with Gasteiger partial charge in [-0.3, -0.25) is 9.59 Å². The van der Waals surface area contributed by atoms with Gasteiger partial charge in [0.2, 0.25) is 0 Å². The van der Waals surface area contributed by atoms with Crippen LogP contribution in [0.25, 0.3) is 11.0 Å². The van der Waals surface area contributed by atoms with Crippen molar-refractivity contribution in [1.82, 2.24) is 4.90 Å². The molecule has 2 heterocycles. The highest BCUT2D eigenvalue weighted by Crippen LogP contribution is 2.19. The van der Waals surface area contributed by atoms with Crippen LogP contribution in [-0.4, -0.2) is 30.1 Å². The summed E-state index contributed by atoms with van der Waals surface area (Å²) in [7, 11) is 0. The van der Waals surface area contributed by atoms with E-state index in [1.165, 1.54) is 6.07 Å². The minimum Gasteiger partial charge on any atom is -0.451 e. The van der Waals surface area contributed by atoms with Crippen molar-refractivity contribution in [1.29, 1.82) is 0 Å². The summed E-state index contributed by atoms with van der Waals surface area (Å²) in [6, 6.07) is 18.0. The van der Waals surface area contributed by atoms with Gasteiger partial charge in [-0.15, -0.1) is 0 Å². The normalized spacial score (nSPS) is 16.5. The van der Waals surface area contributed by atoms with Crippen LogP contribution in [0.15, 0.2) is 69.9 Å². The molecule has 0 N–H and O–H groups in total. The number of nitrogens with zero attached hydrogens (tertiary/aromatic N) is 1. The lowest BCUT2D eigenvalue weighted by molar-refractivity contribution is 0.0484. The number of ether oxygens (including phenoxy) is 1. The van der Waals surface area contributed by atoms with Crippen molar-refractivity contribution in [2.24, 2.45) is 0 Å². The van der Waals surface area contributed by atoms with Gasteiger partial charge in [-0.2, -0.15) is 0 Å². The first kappa shape index (κ1) is 17.5. The molecule has 5 nitrogen and oxygen atoms in total. The van der Waals surface area contributed by atoms with Crippen LogP contribution in [-0.2, 0) is 11.3 Å². The zero-order valence-corrected chi connectivity index (χ0v) is 15.0. The number of hydrogen-bond acceptors (Lipinski definition) is 4. The second-order valence-electron chi connectivity index (χ2n) is 6.78. The zero-order valence-electron chi connectivity index (χ0n) is 15.0. The third kappa shape index (κ3) is 3.93. The molecule has 138 valence electrons. The summed E-state index contributed by atoms with van der Waals surface area (Å²) in [6.07, 6.45) is 1.95. The number of rotatable bonds is 5. The maximum Gasteiger partial charge on any atom is 0.290 e. The maximum atomic E-state index is 13.2.